The van der Waals surface area contributed by atoms with Crippen LogP contribution in [-0.4, -0.2) is 67.5 Å². The highest BCUT2D eigenvalue weighted by molar-refractivity contribution is 7.86. The van der Waals surface area contributed by atoms with Crippen LogP contribution in [0.15, 0.2) is 0 Å². The molecule has 0 radical (unpaired) electrons. The second-order valence-electron chi connectivity index (χ2n) is 5.68. The summed E-state index contributed by atoms with van der Waals surface area (Å²) in [6.07, 6.45) is -0.0941. The molecule has 2 heterocycles. The lowest BCUT2D eigenvalue weighted by atomic mass is 10.1. The Kier molecular flexibility index (Phi) is 4.52. The second-order valence-corrected chi connectivity index (χ2v) is 7.56. The third kappa shape index (κ3) is 3.11. The predicted molar refractivity (Wildman–Crippen MR) is 74.1 cm³/mol. The molecule has 0 bridgehead atoms. The Morgan fingerprint density at radius 1 is 1.11 bits per heavy atom. The summed E-state index contributed by atoms with van der Waals surface area (Å²) in [4.78, 5) is 0. The predicted octanol–water partition coefficient (Wildman–Crippen LogP) is 0.0226. The molecule has 2 saturated heterocycles. The van der Waals surface area contributed by atoms with E-state index in [9.17, 15) is 8.42 Å². The van der Waals surface area contributed by atoms with Gasteiger partial charge in [-0.05, 0) is 27.7 Å². The number of piperazine rings is 1. The fourth-order valence-electron chi connectivity index (χ4n) is 2.82. The Hall–Kier alpha value is -0.210. The number of rotatable bonds is 2. The van der Waals surface area contributed by atoms with Crippen molar-refractivity contribution in [3.63, 3.8) is 0 Å². The van der Waals surface area contributed by atoms with Crippen molar-refractivity contribution in [2.45, 2.75) is 52.0 Å². The van der Waals surface area contributed by atoms with E-state index in [1.807, 2.05) is 27.7 Å². The summed E-state index contributed by atoms with van der Waals surface area (Å²) in [5, 5.41) is 3.30. The van der Waals surface area contributed by atoms with Crippen LogP contribution in [-0.2, 0) is 14.9 Å². The quantitative estimate of drug-likeness (QED) is 0.779. The van der Waals surface area contributed by atoms with Crippen molar-refractivity contribution in [1.29, 1.82) is 0 Å². The van der Waals surface area contributed by atoms with Gasteiger partial charge in [0, 0.05) is 38.3 Å². The Labute approximate surface area is 116 Å². The minimum Gasteiger partial charge on any atom is -0.373 e. The number of ether oxygens (including phenoxy) is 1. The molecular formula is C12H25N3O3S. The zero-order valence-electron chi connectivity index (χ0n) is 12.2. The minimum atomic E-state index is -3.39. The Morgan fingerprint density at radius 2 is 1.68 bits per heavy atom. The Morgan fingerprint density at radius 3 is 2.26 bits per heavy atom. The van der Waals surface area contributed by atoms with E-state index in [2.05, 4.69) is 5.32 Å². The molecule has 0 spiro atoms. The van der Waals surface area contributed by atoms with Crippen LogP contribution in [0.3, 0.4) is 0 Å². The van der Waals surface area contributed by atoms with E-state index in [1.54, 1.807) is 8.61 Å². The van der Waals surface area contributed by atoms with Crippen molar-refractivity contribution >= 4 is 10.2 Å². The van der Waals surface area contributed by atoms with E-state index in [0.29, 0.717) is 26.2 Å². The maximum Gasteiger partial charge on any atom is 0.282 e. The van der Waals surface area contributed by atoms with Crippen LogP contribution in [0.1, 0.15) is 27.7 Å². The number of hydrogen-bond acceptors (Lipinski definition) is 4. The fraction of sp³-hybridized carbons (Fsp3) is 1.00. The van der Waals surface area contributed by atoms with Crippen LogP contribution < -0.4 is 5.32 Å². The molecule has 0 aromatic carbocycles. The van der Waals surface area contributed by atoms with Crippen LogP contribution >= 0.6 is 0 Å². The molecule has 4 unspecified atom stereocenters. The van der Waals surface area contributed by atoms with Gasteiger partial charge in [-0.3, -0.25) is 0 Å². The molecule has 112 valence electrons. The molecule has 19 heavy (non-hydrogen) atoms. The summed E-state index contributed by atoms with van der Waals surface area (Å²) in [5.74, 6) is 0. The first kappa shape index (κ1) is 15.2. The SMILES string of the molecule is CC1CN(S(=O)(=O)N2CCNC(C)C2C)CC(C)O1. The van der Waals surface area contributed by atoms with Gasteiger partial charge < -0.3 is 10.1 Å². The standard InChI is InChI=1S/C12H25N3O3S/c1-9-7-14(8-10(2)18-9)19(16,17)15-6-5-13-11(3)12(15)4/h9-13H,5-8H2,1-4H3. The first-order chi connectivity index (χ1) is 8.82. The second kappa shape index (κ2) is 5.65. The lowest BCUT2D eigenvalue weighted by molar-refractivity contribution is -0.0460. The average molecular weight is 291 g/mol. The van der Waals surface area contributed by atoms with Gasteiger partial charge in [0.2, 0.25) is 0 Å². The number of nitrogens with one attached hydrogen (secondary N) is 1. The molecule has 4 atom stereocenters. The third-order valence-corrected chi connectivity index (χ3v) is 6.04. The van der Waals surface area contributed by atoms with Crippen LogP contribution in [0.5, 0.6) is 0 Å². The lowest BCUT2D eigenvalue weighted by Gasteiger charge is -2.42. The van der Waals surface area contributed by atoms with E-state index in [1.165, 1.54) is 0 Å². The van der Waals surface area contributed by atoms with Gasteiger partial charge in [-0.1, -0.05) is 0 Å². The maximum absolute atomic E-state index is 12.8. The largest absolute Gasteiger partial charge is 0.373 e. The van der Waals surface area contributed by atoms with Gasteiger partial charge in [-0.2, -0.15) is 17.0 Å². The monoisotopic (exact) mass is 291 g/mol. The van der Waals surface area contributed by atoms with Crippen molar-refractivity contribution in [3.8, 4) is 0 Å². The highest BCUT2D eigenvalue weighted by atomic mass is 32.2. The van der Waals surface area contributed by atoms with Gasteiger partial charge in [0.25, 0.3) is 10.2 Å². The average Bonchev–Trinajstić information content (AvgIpc) is 2.31. The zero-order valence-corrected chi connectivity index (χ0v) is 13.0. The van der Waals surface area contributed by atoms with Crippen LogP contribution in [0.25, 0.3) is 0 Å². The van der Waals surface area contributed by atoms with E-state index in [0.717, 1.165) is 0 Å². The normalized spacial score (nSPS) is 39.4. The maximum atomic E-state index is 12.8. The molecule has 0 aliphatic carbocycles. The van der Waals surface area contributed by atoms with Crippen molar-refractivity contribution in [2.24, 2.45) is 0 Å². The molecule has 2 fully saturated rings. The van der Waals surface area contributed by atoms with Crippen LogP contribution in [0.2, 0.25) is 0 Å². The highest BCUT2D eigenvalue weighted by Crippen LogP contribution is 2.21. The molecule has 1 N–H and O–H groups in total. The number of nitrogens with zero attached hydrogens (tertiary/aromatic N) is 2. The minimum absolute atomic E-state index is 0.0211. The van der Waals surface area contributed by atoms with Crippen molar-refractivity contribution < 1.29 is 13.2 Å². The van der Waals surface area contributed by atoms with Gasteiger partial charge in [0.1, 0.15) is 0 Å². The zero-order chi connectivity index (χ0) is 14.2. The summed E-state index contributed by atoms with van der Waals surface area (Å²) < 4.78 is 34.3. The third-order valence-electron chi connectivity index (χ3n) is 3.99. The molecule has 0 saturated carbocycles. The first-order valence-corrected chi connectivity index (χ1v) is 8.38. The lowest BCUT2D eigenvalue weighted by Crippen LogP contribution is -2.62. The van der Waals surface area contributed by atoms with Crippen molar-refractivity contribution in [2.75, 3.05) is 26.2 Å². The summed E-state index contributed by atoms with van der Waals surface area (Å²) >= 11 is 0. The van der Waals surface area contributed by atoms with Gasteiger partial charge in [0.05, 0.1) is 12.2 Å². The highest BCUT2D eigenvalue weighted by Gasteiger charge is 2.39. The van der Waals surface area contributed by atoms with E-state index >= 15 is 0 Å². The fourth-order valence-corrected chi connectivity index (χ4v) is 4.84. The summed E-state index contributed by atoms with van der Waals surface area (Å²) in [5.41, 5.74) is 0. The number of hydrogen-bond donors (Lipinski definition) is 1. The summed E-state index contributed by atoms with van der Waals surface area (Å²) in [7, 11) is -3.39. The molecular weight excluding hydrogens is 266 g/mol. The summed E-state index contributed by atoms with van der Waals surface area (Å²) in [6.45, 7) is 9.95. The molecule has 0 aromatic heterocycles. The molecule has 0 aromatic rings. The Bertz CT molecular complexity index is 404. The van der Waals surface area contributed by atoms with Crippen LogP contribution in [0.4, 0.5) is 0 Å². The summed E-state index contributed by atoms with van der Waals surface area (Å²) in [6, 6.07) is 0.159. The smallest absolute Gasteiger partial charge is 0.282 e. The molecule has 2 rings (SSSR count). The van der Waals surface area contributed by atoms with Gasteiger partial charge in [-0.15, -0.1) is 0 Å². The van der Waals surface area contributed by atoms with E-state index < -0.39 is 10.2 Å². The topological polar surface area (TPSA) is 61.9 Å². The van der Waals surface area contributed by atoms with Gasteiger partial charge in [0.15, 0.2) is 0 Å². The first-order valence-electron chi connectivity index (χ1n) is 6.98. The molecule has 2 aliphatic rings. The molecule has 6 nitrogen and oxygen atoms in total. The molecule has 0 amide bonds. The van der Waals surface area contributed by atoms with Crippen LogP contribution in [0, 0.1) is 0 Å². The Balaban J connectivity index is 2.17. The van der Waals surface area contributed by atoms with Crippen molar-refractivity contribution in [3.05, 3.63) is 0 Å². The van der Waals surface area contributed by atoms with Gasteiger partial charge >= 0.3 is 0 Å². The molecule has 2 aliphatic heterocycles. The van der Waals surface area contributed by atoms with Gasteiger partial charge in [-0.25, -0.2) is 0 Å². The van der Waals surface area contributed by atoms with E-state index in [-0.39, 0.29) is 24.3 Å². The molecule has 7 heteroatoms. The van der Waals surface area contributed by atoms with Crippen molar-refractivity contribution in [1.82, 2.24) is 13.9 Å². The number of morpholine rings is 1. The van der Waals surface area contributed by atoms with E-state index in [4.69, 9.17) is 4.74 Å².